The van der Waals surface area contributed by atoms with Crippen molar-refractivity contribution in [2.24, 2.45) is 0 Å². The van der Waals surface area contributed by atoms with Gasteiger partial charge in [-0.25, -0.2) is 9.97 Å². The van der Waals surface area contributed by atoms with Crippen molar-refractivity contribution in [3.8, 4) is 0 Å². The highest BCUT2D eigenvalue weighted by Gasteiger charge is 2.13. The third-order valence-corrected chi connectivity index (χ3v) is 3.16. The van der Waals surface area contributed by atoms with Gasteiger partial charge in [0.1, 0.15) is 17.2 Å². The third-order valence-electron chi connectivity index (χ3n) is 2.35. The second kappa shape index (κ2) is 4.64. The zero-order valence-electron chi connectivity index (χ0n) is 8.44. The molecule has 0 aliphatic carbocycles. The maximum Gasteiger partial charge on any atom is 0.133 e. The Morgan fingerprint density at radius 3 is 2.86 bits per heavy atom. The molecule has 0 spiro atoms. The summed E-state index contributed by atoms with van der Waals surface area (Å²) in [6.07, 6.45) is 4.26. The third kappa shape index (κ3) is 2.18. The zero-order valence-corrected chi connectivity index (χ0v) is 9.26. The minimum Gasteiger partial charge on any atom is -0.356 e. The van der Waals surface area contributed by atoms with Crippen LogP contribution >= 0.6 is 11.8 Å². The second-order valence-corrected chi connectivity index (χ2v) is 4.63. The molecule has 1 aliphatic heterocycles. The van der Waals surface area contributed by atoms with Crippen molar-refractivity contribution in [1.82, 2.24) is 9.97 Å². The molecule has 0 saturated carbocycles. The fourth-order valence-corrected chi connectivity index (χ4v) is 2.28. The number of anilines is 1. The summed E-state index contributed by atoms with van der Waals surface area (Å²) in [7, 11) is 0. The zero-order chi connectivity index (χ0) is 9.80. The predicted molar refractivity (Wildman–Crippen MR) is 59.9 cm³/mol. The van der Waals surface area contributed by atoms with Crippen molar-refractivity contribution in [1.29, 1.82) is 0 Å². The molecular formula is C10H15N3S. The normalized spacial score (nSPS) is 16.2. The number of nitrogens with zero attached hydrogens (tertiary/aromatic N) is 3. The highest BCUT2D eigenvalue weighted by molar-refractivity contribution is 7.99. The first-order chi connectivity index (χ1) is 6.90. The highest BCUT2D eigenvalue weighted by atomic mass is 32.2. The molecule has 0 radical (unpaired) electrons. The second-order valence-electron chi connectivity index (χ2n) is 3.34. The van der Waals surface area contributed by atoms with Crippen molar-refractivity contribution in [2.75, 3.05) is 23.7 Å². The van der Waals surface area contributed by atoms with E-state index in [4.69, 9.17) is 0 Å². The standard InChI is InChI=1S/C10H15N3S/c1-2-14-10-7-9(11-8-12-10)13-5-3-4-6-13/h7-8H,2-6H2,1H3. The summed E-state index contributed by atoms with van der Waals surface area (Å²) in [4.78, 5) is 10.9. The summed E-state index contributed by atoms with van der Waals surface area (Å²) in [6.45, 7) is 4.43. The van der Waals surface area contributed by atoms with Crippen molar-refractivity contribution in [3.63, 3.8) is 0 Å². The lowest BCUT2D eigenvalue weighted by Gasteiger charge is -2.15. The molecule has 1 fully saturated rings. The van der Waals surface area contributed by atoms with Crippen molar-refractivity contribution in [3.05, 3.63) is 12.4 Å². The highest BCUT2D eigenvalue weighted by Crippen LogP contribution is 2.21. The Morgan fingerprint density at radius 2 is 2.14 bits per heavy atom. The summed E-state index contributed by atoms with van der Waals surface area (Å²) in [5.41, 5.74) is 0. The van der Waals surface area contributed by atoms with Crippen LogP contribution in [-0.4, -0.2) is 28.8 Å². The average Bonchev–Trinajstić information content (AvgIpc) is 2.71. The molecule has 3 nitrogen and oxygen atoms in total. The van der Waals surface area contributed by atoms with Crippen LogP contribution < -0.4 is 4.90 Å². The minimum atomic E-state index is 1.07. The van der Waals surface area contributed by atoms with Crippen LogP contribution in [0.15, 0.2) is 17.4 Å². The number of hydrogen-bond acceptors (Lipinski definition) is 4. The molecule has 0 amide bonds. The molecule has 0 aromatic carbocycles. The maximum absolute atomic E-state index is 4.31. The molecule has 1 aromatic heterocycles. The van der Waals surface area contributed by atoms with Gasteiger partial charge in [0.15, 0.2) is 0 Å². The van der Waals surface area contributed by atoms with Gasteiger partial charge in [-0.1, -0.05) is 6.92 Å². The van der Waals surface area contributed by atoms with Crippen LogP contribution in [0.1, 0.15) is 19.8 Å². The molecule has 0 bridgehead atoms. The Balaban J connectivity index is 2.12. The lowest BCUT2D eigenvalue weighted by atomic mass is 10.4. The molecular weight excluding hydrogens is 194 g/mol. The van der Waals surface area contributed by atoms with Crippen LogP contribution in [0.5, 0.6) is 0 Å². The summed E-state index contributed by atoms with van der Waals surface area (Å²) in [6, 6.07) is 2.10. The molecule has 2 rings (SSSR count). The minimum absolute atomic E-state index is 1.07. The van der Waals surface area contributed by atoms with Gasteiger partial charge in [-0.2, -0.15) is 0 Å². The van der Waals surface area contributed by atoms with E-state index in [0.717, 1.165) is 29.7 Å². The van der Waals surface area contributed by atoms with Crippen molar-refractivity contribution >= 4 is 17.6 Å². The van der Waals surface area contributed by atoms with Gasteiger partial charge in [-0.05, 0) is 18.6 Å². The SMILES string of the molecule is CCSc1cc(N2CCCC2)ncn1. The summed E-state index contributed by atoms with van der Waals surface area (Å²) in [5.74, 6) is 2.16. The Morgan fingerprint density at radius 1 is 1.36 bits per heavy atom. The Hall–Kier alpha value is -0.770. The first kappa shape index (κ1) is 9.77. The fraction of sp³-hybridized carbons (Fsp3) is 0.600. The van der Waals surface area contributed by atoms with Gasteiger partial charge in [-0.3, -0.25) is 0 Å². The molecule has 1 saturated heterocycles. The maximum atomic E-state index is 4.31. The van der Waals surface area contributed by atoms with Gasteiger partial charge < -0.3 is 4.90 Å². The van der Waals surface area contributed by atoms with Crippen molar-refractivity contribution in [2.45, 2.75) is 24.8 Å². The molecule has 0 unspecified atom stereocenters. The largest absolute Gasteiger partial charge is 0.356 e. The molecule has 0 atom stereocenters. The smallest absolute Gasteiger partial charge is 0.133 e. The first-order valence-electron chi connectivity index (χ1n) is 5.10. The van der Waals surface area contributed by atoms with Crippen LogP contribution in [-0.2, 0) is 0 Å². The van der Waals surface area contributed by atoms with Crippen molar-refractivity contribution < 1.29 is 0 Å². The Kier molecular flexibility index (Phi) is 3.24. The van der Waals surface area contributed by atoms with E-state index in [0.29, 0.717) is 0 Å². The molecule has 4 heteroatoms. The topological polar surface area (TPSA) is 29.0 Å². The summed E-state index contributed by atoms with van der Waals surface area (Å²) >= 11 is 1.77. The average molecular weight is 209 g/mol. The van der Waals surface area contributed by atoms with Crippen LogP contribution in [0.4, 0.5) is 5.82 Å². The van der Waals surface area contributed by atoms with E-state index in [2.05, 4.69) is 27.9 Å². The van der Waals surface area contributed by atoms with Crippen LogP contribution in [0, 0.1) is 0 Å². The van der Waals surface area contributed by atoms with Gasteiger partial charge >= 0.3 is 0 Å². The van der Waals surface area contributed by atoms with Gasteiger partial charge in [0, 0.05) is 19.2 Å². The molecule has 2 heterocycles. The van der Waals surface area contributed by atoms with E-state index < -0.39 is 0 Å². The molecule has 1 aliphatic rings. The van der Waals surface area contributed by atoms with Crippen LogP contribution in [0.25, 0.3) is 0 Å². The fourth-order valence-electron chi connectivity index (χ4n) is 1.68. The van der Waals surface area contributed by atoms with Gasteiger partial charge in [0.2, 0.25) is 0 Å². The lowest BCUT2D eigenvalue weighted by Crippen LogP contribution is -2.18. The van der Waals surface area contributed by atoms with Crippen LogP contribution in [0.3, 0.4) is 0 Å². The van der Waals surface area contributed by atoms with E-state index in [9.17, 15) is 0 Å². The molecule has 14 heavy (non-hydrogen) atoms. The predicted octanol–water partition coefficient (Wildman–Crippen LogP) is 2.19. The van der Waals surface area contributed by atoms with Gasteiger partial charge in [0.25, 0.3) is 0 Å². The summed E-state index contributed by atoms with van der Waals surface area (Å²) in [5, 5.41) is 1.09. The van der Waals surface area contributed by atoms with Crippen LogP contribution in [0.2, 0.25) is 0 Å². The Labute approximate surface area is 88.9 Å². The van der Waals surface area contributed by atoms with E-state index in [1.807, 2.05) is 0 Å². The quantitative estimate of drug-likeness (QED) is 0.563. The Bertz CT molecular complexity index is 297. The summed E-state index contributed by atoms with van der Waals surface area (Å²) < 4.78 is 0. The molecule has 76 valence electrons. The van der Waals surface area contributed by atoms with E-state index in [1.165, 1.54) is 12.8 Å². The first-order valence-corrected chi connectivity index (χ1v) is 6.08. The number of thioether (sulfide) groups is 1. The van der Waals surface area contributed by atoms with Gasteiger partial charge in [0.05, 0.1) is 0 Å². The van der Waals surface area contributed by atoms with E-state index in [1.54, 1.807) is 18.1 Å². The van der Waals surface area contributed by atoms with E-state index >= 15 is 0 Å². The van der Waals surface area contributed by atoms with E-state index in [-0.39, 0.29) is 0 Å². The molecule has 1 aromatic rings. The van der Waals surface area contributed by atoms with Gasteiger partial charge in [-0.15, -0.1) is 11.8 Å². The number of rotatable bonds is 3. The lowest BCUT2D eigenvalue weighted by molar-refractivity contribution is 0.908. The number of hydrogen-bond donors (Lipinski definition) is 0. The number of aromatic nitrogens is 2. The monoisotopic (exact) mass is 209 g/mol. The molecule has 0 N–H and O–H groups in total.